The van der Waals surface area contributed by atoms with Gasteiger partial charge in [-0.05, 0) is 25.0 Å². The molecule has 2 fully saturated rings. The van der Waals surface area contributed by atoms with E-state index in [1.54, 1.807) is 0 Å². The SMILES string of the molecule is c1cc2cc(N3C4CCC3COC4)cnc2[nH]1. The molecule has 2 aromatic rings. The largest absolute Gasteiger partial charge is 0.377 e. The second-order valence-corrected chi connectivity index (χ2v) is 4.94. The average Bonchev–Trinajstić information content (AvgIpc) is 2.91. The number of fused-ring (bicyclic) bond motifs is 3. The molecule has 2 atom stereocenters. The van der Waals surface area contributed by atoms with E-state index < -0.39 is 0 Å². The number of morpholine rings is 1. The molecule has 0 saturated carbocycles. The third-order valence-corrected chi connectivity index (χ3v) is 3.92. The van der Waals surface area contributed by atoms with E-state index in [9.17, 15) is 0 Å². The maximum Gasteiger partial charge on any atom is 0.137 e. The van der Waals surface area contributed by atoms with Gasteiger partial charge in [-0.25, -0.2) is 4.98 Å². The number of H-pyrrole nitrogens is 1. The number of ether oxygens (including phenoxy) is 1. The topological polar surface area (TPSA) is 41.1 Å². The molecule has 2 saturated heterocycles. The minimum Gasteiger partial charge on any atom is -0.377 e. The van der Waals surface area contributed by atoms with Gasteiger partial charge in [0.15, 0.2) is 0 Å². The fourth-order valence-corrected chi connectivity index (χ4v) is 3.12. The van der Waals surface area contributed by atoms with Crippen LogP contribution in [0.25, 0.3) is 11.0 Å². The van der Waals surface area contributed by atoms with Crippen LogP contribution in [-0.2, 0) is 4.74 Å². The first kappa shape index (κ1) is 9.48. The maximum absolute atomic E-state index is 5.61. The van der Waals surface area contributed by atoms with Gasteiger partial charge in [-0.15, -0.1) is 0 Å². The van der Waals surface area contributed by atoms with Gasteiger partial charge in [0.25, 0.3) is 0 Å². The van der Waals surface area contributed by atoms with Crippen LogP contribution in [0, 0.1) is 0 Å². The molecule has 4 heteroatoms. The van der Waals surface area contributed by atoms with Crippen LogP contribution in [-0.4, -0.2) is 35.3 Å². The van der Waals surface area contributed by atoms with Crippen LogP contribution in [0.4, 0.5) is 5.69 Å². The molecule has 0 amide bonds. The molecule has 2 aromatic heterocycles. The van der Waals surface area contributed by atoms with E-state index in [0.29, 0.717) is 12.1 Å². The van der Waals surface area contributed by atoms with E-state index >= 15 is 0 Å². The van der Waals surface area contributed by atoms with Crippen LogP contribution in [0.15, 0.2) is 24.5 Å². The summed E-state index contributed by atoms with van der Waals surface area (Å²) >= 11 is 0. The fourth-order valence-electron chi connectivity index (χ4n) is 3.12. The summed E-state index contributed by atoms with van der Waals surface area (Å²) in [5.41, 5.74) is 2.21. The summed E-state index contributed by atoms with van der Waals surface area (Å²) in [5, 5.41) is 1.19. The zero-order valence-electron chi connectivity index (χ0n) is 9.60. The van der Waals surface area contributed by atoms with Crippen molar-refractivity contribution in [2.24, 2.45) is 0 Å². The number of hydrogen-bond donors (Lipinski definition) is 1. The molecule has 4 heterocycles. The molecule has 2 unspecified atom stereocenters. The summed E-state index contributed by atoms with van der Waals surface area (Å²) in [4.78, 5) is 10.1. The lowest BCUT2D eigenvalue weighted by molar-refractivity contribution is 0.0906. The smallest absolute Gasteiger partial charge is 0.137 e. The van der Waals surface area contributed by atoms with E-state index in [-0.39, 0.29) is 0 Å². The van der Waals surface area contributed by atoms with Crippen molar-refractivity contribution in [1.29, 1.82) is 0 Å². The van der Waals surface area contributed by atoms with Crippen molar-refractivity contribution in [3.05, 3.63) is 24.5 Å². The number of nitrogens with one attached hydrogen (secondary N) is 1. The number of hydrogen-bond acceptors (Lipinski definition) is 3. The lowest BCUT2D eigenvalue weighted by Crippen LogP contribution is -2.45. The summed E-state index contributed by atoms with van der Waals surface area (Å²) < 4.78 is 5.61. The molecule has 17 heavy (non-hydrogen) atoms. The van der Waals surface area contributed by atoms with E-state index in [4.69, 9.17) is 4.74 Å². The Balaban J connectivity index is 1.78. The summed E-state index contributed by atoms with van der Waals surface area (Å²) in [6.07, 6.45) is 6.41. The van der Waals surface area contributed by atoms with Crippen LogP contribution in [0.1, 0.15) is 12.8 Å². The molecular weight excluding hydrogens is 214 g/mol. The number of rotatable bonds is 1. The predicted octanol–water partition coefficient (Wildman–Crippen LogP) is 1.93. The Morgan fingerprint density at radius 3 is 2.94 bits per heavy atom. The second-order valence-electron chi connectivity index (χ2n) is 4.94. The summed E-state index contributed by atoms with van der Waals surface area (Å²) in [6, 6.07) is 5.41. The minimum atomic E-state index is 0.548. The lowest BCUT2D eigenvalue weighted by Gasteiger charge is -2.36. The van der Waals surface area contributed by atoms with Crippen molar-refractivity contribution in [2.45, 2.75) is 24.9 Å². The van der Waals surface area contributed by atoms with Crippen molar-refractivity contribution in [2.75, 3.05) is 18.1 Å². The molecule has 2 aliphatic rings. The molecule has 2 aliphatic heterocycles. The van der Waals surface area contributed by atoms with Crippen molar-refractivity contribution < 1.29 is 4.74 Å². The molecule has 4 rings (SSSR count). The molecule has 0 radical (unpaired) electrons. The molecule has 1 N–H and O–H groups in total. The van der Waals surface area contributed by atoms with Gasteiger partial charge < -0.3 is 14.6 Å². The molecule has 4 nitrogen and oxygen atoms in total. The molecule has 0 spiro atoms. The third kappa shape index (κ3) is 1.37. The Labute approximate surface area is 99.6 Å². The number of nitrogens with zero attached hydrogens (tertiary/aromatic N) is 2. The van der Waals surface area contributed by atoms with Crippen molar-refractivity contribution in [3.63, 3.8) is 0 Å². The highest BCUT2D eigenvalue weighted by Gasteiger charge is 2.37. The molecular formula is C13H15N3O. The Morgan fingerprint density at radius 2 is 2.12 bits per heavy atom. The molecule has 0 aromatic carbocycles. The molecule has 2 bridgehead atoms. The Morgan fingerprint density at radius 1 is 1.29 bits per heavy atom. The number of aromatic nitrogens is 2. The van der Waals surface area contributed by atoms with Crippen LogP contribution in [0.5, 0.6) is 0 Å². The first-order valence-corrected chi connectivity index (χ1v) is 6.21. The predicted molar refractivity (Wildman–Crippen MR) is 66.2 cm³/mol. The first-order valence-electron chi connectivity index (χ1n) is 6.21. The highest BCUT2D eigenvalue weighted by Crippen LogP contribution is 2.34. The number of anilines is 1. The minimum absolute atomic E-state index is 0.548. The fraction of sp³-hybridized carbons (Fsp3) is 0.462. The van der Waals surface area contributed by atoms with Gasteiger partial charge in [0.05, 0.1) is 37.2 Å². The van der Waals surface area contributed by atoms with E-state index in [2.05, 4.69) is 27.0 Å². The van der Waals surface area contributed by atoms with Gasteiger partial charge in [-0.1, -0.05) is 0 Å². The van der Waals surface area contributed by atoms with Gasteiger partial charge >= 0.3 is 0 Å². The Hall–Kier alpha value is -1.55. The Kier molecular flexibility index (Phi) is 1.93. The van der Waals surface area contributed by atoms with Gasteiger partial charge in [0, 0.05) is 11.6 Å². The van der Waals surface area contributed by atoms with Gasteiger partial charge in [-0.2, -0.15) is 0 Å². The van der Waals surface area contributed by atoms with Crippen molar-refractivity contribution in [3.8, 4) is 0 Å². The normalized spacial score (nSPS) is 27.9. The molecule has 0 aliphatic carbocycles. The number of aromatic amines is 1. The van der Waals surface area contributed by atoms with Gasteiger partial charge in [-0.3, -0.25) is 0 Å². The van der Waals surface area contributed by atoms with Crippen molar-refractivity contribution in [1.82, 2.24) is 9.97 Å². The average molecular weight is 229 g/mol. The lowest BCUT2D eigenvalue weighted by atomic mass is 10.2. The van der Waals surface area contributed by atoms with Crippen LogP contribution in [0.3, 0.4) is 0 Å². The van der Waals surface area contributed by atoms with Crippen LogP contribution < -0.4 is 4.90 Å². The molecule has 88 valence electrons. The summed E-state index contributed by atoms with van der Waals surface area (Å²) in [6.45, 7) is 1.73. The van der Waals surface area contributed by atoms with E-state index in [0.717, 1.165) is 18.9 Å². The zero-order chi connectivity index (χ0) is 11.2. The number of pyridine rings is 1. The highest BCUT2D eigenvalue weighted by atomic mass is 16.5. The van der Waals surface area contributed by atoms with E-state index in [1.807, 2.05) is 12.4 Å². The van der Waals surface area contributed by atoms with E-state index in [1.165, 1.54) is 23.9 Å². The van der Waals surface area contributed by atoms with Crippen molar-refractivity contribution >= 4 is 16.7 Å². The van der Waals surface area contributed by atoms with Crippen LogP contribution >= 0.6 is 0 Å². The monoisotopic (exact) mass is 229 g/mol. The first-order chi connectivity index (χ1) is 8.42. The quantitative estimate of drug-likeness (QED) is 0.812. The van der Waals surface area contributed by atoms with Gasteiger partial charge in [0.1, 0.15) is 5.65 Å². The van der Waals surface area contributed by atoms with Gasteiger partial charge in [0.2, 0.25) is 0 Å². The zero-order valence-corrected chi connectivity index (χ0v) is 9.60. The van der Waals surface area contributed by atoms with Crippen LogP contribution in [0.2, 0.25) is 0 Å². The Bertz CT molecular complexity index is 534. The maximum atomic E-state index is 5.61. The summed E-state index contributed by atoms with van der Waals surface area (Å²) in [5.74, 6) is 0. The third-order valence-electron chi connectivity index (χ3n) is 3.92. The second kappa shape index (κ2) is 3.47. The summed E-state index contributed by atoms with van der Waals surface area (Å²) in [7, 11) is 0. The standard InChI is InChI=1S/C13H15N3O/c1-2-11-8-17-7-10(1)16(11)12-5-9-3-4-14-13(9)15-6-12/h3-6,10-11H,1-2,7-8H2,(H,14,15). The highest BCUT2D eigenvalue weighted by molar-refractivity contribution is 5.79.